The number of nitrogens with zero attached hydrogens (tertiary/aromatic N) is 5. The third kappa shape index (κ3) is 3.85. The maximum absolute atomic E-state index is 13.3. The maximum Gasteiger partial charge on any atom is 0.406 e. The van der Waals surface area contributed by atoms with Crippen LogP contribution >= 0.6 is 11.3 Å². The summed E-state index contributed by atoms with van der Waals surface area (Å²) in [5.41, 5.74) is -0.221. The van der Waals surface area contributed by atoms with Gasteiger partial charge in [-0.2, -0.15) is 13.2 Å². The van der Waals surface area contributed by atoms with E-state index in [2.05, 4.69) is 20.1 Å². The molecule has 2 aliphatic rings. The lowest BCUT2D eigenvalue weighted by atomic mass is 10.1. The maximum atomic E-state index is 13.3. The molecule has 1 aliphatic heterocycles. The largest absolute Gasteiger partial charge is 0.406 e. The smallest absolute Gasteiger partial charge is 0.287 e. The normalized spacial score (nSPS) is 20.3. The number of benzene rings is 1. The van der Waals surface area contributed by atoms with Crippen LogP contribution in [0.2, 0.25) is 0 Å². The molecular formula is C20H20F3N5OS. The van der Waals surface area contributed by atoms with E-state index in [0.29, 0.717) is 24.4 Å². The molecule has 1 atom stereocenters. The molecule has 10 heteroatoms. The fourth-order valence-electron chi connectivity index (χ4n) is 4.08. The van der Waals surface area contributed by atoms with Crippen LogP contribution in [-0.4, -0.2) is 37.4 Å². The Morgan fingerprint density at radius 3 is 2.70 bits per heavy atom. The Kier molecular flexibility index (Phi) is 4.85. The van der Waals surface area contributed by atoms with Gasteiger partial charge in [-0.15, -0.1) is 10.2 Å². The molecule has 0 N–H and O–H groups in total. The molecule has 30 heavy (non-hydrogen) atoms. The summed E-state index contributed by atoms with van der Waals surface area (Å²) < 4.78 is 40.7. The van der Waals surface area contributed by atoms with Crippen molar-refractivity contribution >= 4 is 22.2 Å². The first-order valence-corrected chi connectivity index (χ1v) is 10.8. The van der Waals surface area contributed by atoms with E-state index in [1.807, 2.05) is 0 Å². The van der Waals surface area contributed by atoms with E-state index in [9.17, 15) is 18.0 Å². The van der Waals surface area contributed by atoms with Crippen molar-refractivity contribution in [1.29, 1.82) is 0 Å². The average molecular weight is 435 g/mol. The molecule has 1 unspecified atom stereocenters. The zero-order valence-corrected chi connectivity index (χ0v) is 16.9. The van der Waals surface area contributed by atoms with Crippen molar-refractivity contribution < 1.29 is 13.2 Å². The van der Waals surface area contributed by atoms with Crippen LogP contribution in [0.1, 0.15) is 53.5 Å². The molecule has 2 aromatic heterocycles. The van der Waals surface area contributed by atoms with Gasteiger partial charge < -0.3 is 0 Å². The number of halogens is 3. The first-order chi connectivity index (χ1) is 14.4. The molecule has 1 aliphatic carbocycles. The van der Waals surface area contributed by atoms with Gasteiger partial charge in [0.25, 0.3) is 5.56 Å². The lowest BCUT2D eigenvalue weighted by Gasteiger charge is -2.26. The predicted octanol–water partition coefficient (Wildman–Crippen LogP) is 4.02. The van der Waals surface area contributed by atoms with Crippen LogP contribution in [0.25, 0.3) is 10.9 Å². The average Bonchev–Trinajstić information content (AvgIpc) is 3.28. The Morgan fingerprint density at radius 2 is 1.93 bits per heavy atom. The van der Waals surface area contributed by atoms with Gasteiger partial charge in [0.05, 0.1) is 23.5 Å². The van der Waals surface area contributed by atoms with Crippen molar-refractivity contribution in [1.82, 2.24) is 24.6 Å². The second-order valence-corrected chi connectivity index (χ2v) is 9.02. The number of alkyl halides is 3. The van der Waals surface area contributed by atoms with E-state index in [1.54, 1.807) is 29.5 Å². The van der Waals surface area contributed by atoms with Gasteiger partial charge in [-0.05, 0) is 44.4 Å². The molecule has 3 heterocycles. The van der Waals surface area contributed by atoms with Crippen LogP contribution in [0.4, 0.5) is 13.2 Å². The van der Waals surface area contributed by atoms with Gasteiger partial charge >= 0.3 is 6.18 Å². The van der Waals surface area contributed by atoms with Crippen molar-refractivity contribution in [2.75, 3.05) is 6.54 Å². The summed E-state index contributed by atoms with van der Waals surface area (Å²) in [7, 11) is 0. The topological polar surface area (TPSA) is 63.9 Å². The second-order valence-electron chi connectivity index (χ2n) is 7.93. The molecule has 0 bridgehead atoms. The van der Waals surface area contributed by atoms with E-state index in [-0.39, 0.29) is 17.3 Å². The third-order valence-corrected chi connectivity index (χ3v) is 6.71. The standard InChI is InChI=1S/C20H20F3N5OS/c21-20(22,23)11-28-17(24-14-5-2-1-4-13(14)19(28)29)15-6-3-9-27(15)10-16-25-26-18(30-16)12-7-8-12/h1-2,4-5,12,15H,3,6-11H2. The van der Waals surface area contributed by atoms with E-state index >= 15 is 0 Å². The fourth-order valence-corrected chi connectivity index (χ4v) is 5.12. The number of hydrogen-bond acceptors (Lipinski definition) is 6. The molecule has 158 valence electrons. The first kappa shape index (κ1) is 19.6. The van der Waals surface area contributed by atoms with Gasteiger partial charge in [0.2, 0.25) is 0 Å². The summed E-state index contributed by atoms with van der Waals surface area (Å²) in [6, 6.07) is 6.20. The van der Waals surface area contributed by atoms with Crippen LogP contribution in [0.5, 0.6) is 0 Å². The summed E-state index contributed by atoms with van der Waals surface area (Å²) in [5.74, 6) is 0.699. The lowest BCUT2D eigenvalue weighted by Crippen LogP contribution is -2.35. The summed E-state index contributed by atoms with van der Waals surface area (Å²) in [6.45, 7) is -0.116. The Bertz CT molecular complexity index is 1140. The Labute approximate surface area is 174 Å². The van der Waals surface area contributed by atoms with Crippen LogP contribution < -0.4 is 5.56 Å². The van der Waals surface area contributed by atoms with Gasteiger partial charge in [0.15, 0.2) is 0 Å². The predicted molar refractivity (Wildman–Crippen MR) is 106 cm³/mol. The highest BCUT2D eigenvalue weighted by molar-refractivity contribution is 7.11. The summed E-state index contributed by atoms with van der Waals surface area (Å²) in [4.78, 5) is 19.5. The van der Waals surface area contributed by atoms with E-state index in [1.165, 1.54) is 6.07 Å². The zero-order chi connectivity index (χ0) is 20.9. The minimum Gasteiger partial charge on any atom is -0.287 e. The van der Waals surface area contributed by atoms with Crippen LogP contribution in [0, 0.1) is 0 Å². The highest BCUT2D eigenvalue weighted by atomic mass is 32.1. The molecule has 0 radical (unpaired) electrons. The van der Waals surface area contributed by atoms with Crippen LogP contribution in [0.3, 0.4) is 0 Å². The summed E-state index contributed by atoms with van der Waals surface area (Å²) >= 11 is 1.57. The zero-order valence-electron chi connectivity index (χ0n) is 16.1. The van der Waals surface area contributed by atoms with E-state index in [4.69, 9.17) is 0 Å². The summed E-state index contributed by atoms with van der Waals surface area (Å²) in [5, 5.41) is 10.6. The lowest BCUT2D eigenvalue weighted by molar-refractivity contribution is -0.142. The molecule has 1 saturated carbocycles. The van der Waals surface area contributed by atoms with Crippen molar-refractivity contribution in [2.24, 2.45) is 0 Å². The quantitative estimate of drug-likeness (QED) is 0.606. The van der Waals surface area contributed by atoms with Crippen LogP contribution in [-0.2, 0) is 13.1 Å². The van der Waals surface area contributed by atoms with Crippen molar-refractivity contribution in [2.45, 2.75) is 56.9 Å². The van der Waals surface area contributed by atoms with Gasteiger partial charge in [-0.1, -0.05) is 23.5 Å². The number of fused-ring (bicyclic) bond motifs is 1. The molecular weight excluding hydrogens is 415 g/mol. The van der Waals surface area contributed by atoms with Crippen molar-refractivity contribution in [3.8, 4) is 0 Å². The van der Waals surface area contributed by atoms with Gasteiger partial charge in [-0.3, -0.25) is 14.3 Å². The molecule has 3 aromatic rings. The first-order valence-electron chi connectivity index (χ1n) is 10.0. The molecule has 1 aromatic carbocycles. The molecule has 5 rings (SSSR count). The Balaban J connectivity index is 1.52. The number of likely N-dealkylation sites (tertiary alicyclic amines) is 1. The molecule has 2 fully saturated rings. The number of aromatic nitrogens is 4. The van der Waals surface area contributed by atoms with E-state index in [0.717, 1.165) is 40.4 Å². The van der Waals surface area contributed by atoms with Crippen molar-refractivity contribution in [3.63, 3.8) is 0 Å². The molecule has 6 nitrogen and oxygen atoms in total. The summed E-state index contributed by atoms with van der Waals surface area (Å²) in [6.07, 6.45) is -0.744. The second kappa shape index (κ2) is 7.42. The van der Waals surface area contributed by atoms with Gasteiger partial charge in [-0.25, -0.2) is 4.98 Å². The minimum atomic E-state index is -4.51. The monoisotopic (exact) mass is 435 g/mol. The van der Waals surface area contributed by atoms with Crippen LogP contribution in [0.15, 0.2) is 29.1 Å². The van der Waals surface area contributed by atoms with Gasteiger partial charge in [0.1, 0.15) is 22.4 Å². The molecule has 0 amide bonds. The minimum absolute atomic E-state index is 0.181. The van der Waals surface area contributed by atoms with Gasteiger partial charge in [0, 0.05) is 5.92 Å². The van der Waals surface area contributed by atoms with Crippen molar-refractivity contribution in [3.05, 3.63) is 50.5 Å². The molecule has 0 spiro atoms. The highest BCUT2D eigenvalue weighted by Gasteiger charge is 2.36. The Morgan fingerprint density at radius 1 is 1.13 bits per heavy atom. The molecule has 1 saturated heterocycles. The number of hydrogen-bond donors (Lipinski definition) is 0. The SMILES string of the molecule is O=c1c2ccccc2nc(C2CCCN2Cc2nnc(C3CC3)s2)n1CC(F)(F)F. The third-order valence-electron chi connectivity index (χ3n) is 5.64. The number of para-hydroxylation sites is 1. The highest BCUT2D eigenvalue weighted by Crippen LogP contribution is 2.42. The van der Waals surface area contributed by atoms with E-state index < -0.39 is 18.3 Å². The Hall–Kier alpha value is -2.33. The fraction of sp³-hybridized carbons (Fsp3) is 0.500. The number of rotatable bonds is 5.